The molecule has 6 heteroatoms. The van der Waals surface area contributed by atoms with Gasteiger partial charge in [0, 0.05) is 12.2 Å². The molecule has 0 aliphatic carbocycles. The normalized spacial score (nSPS) is 11.6. The summed E-state index contributed by atoms with van der Waals surface area (Å²) in [7, 11) is -3.76. The van der Waals surface area contributed by atoms with Crippen LogP contribution < -0.4 is 10.5 Å². The number of halogens is 1. The third-order valence-electron chi connectivity index (χ3n) is 2.07. The van der Waals surface area contributed by atoms with Gasteiger partial charge in [0.25, 0.3) is 0 Å². The van der Waals surface area contributed by atoms with Gasteiger partial charge in [0.1, 0.15) is 10.7 Å². The Morgan fingerprint density at radius 2 is 2.12 bits per heavy atom. The summed E-state index contributed by atoms with van der Waals surface area (Å²) in [6.07, 6.45) is 1.59. The fraction of sp³-hybridized carbons (Fsp3) is 0.400. The molecular weight excluding hydrogens is 231 g/mol. The van der Waals surface area contributed by atoms with Gasteiger partial charge in [-0.3, -0.25) is 0 Å². The van der Waals surface area contributed by atoms with Crippen LogP contribution in [0.3, 0.4) is 0 Å². The largest absolute Gasteiger partial charge is 0.399 e. The maximum Gasteiger partial charge on any atom is 0.243 e. The first-order chi connectivity index (χ1) is 7.47. The smallest absolute Gasteiger partial charge is 0.243 e. The van der Waals surface area contributed by atoms with Gasteiger partial charge >= 0.3 is 0 Å². The molecule has 1 aromatic carbocycles. The summed E-state index contributed by atoms with van der Waals surface area (Å²) in [4.78, 5) is -0.363. The molecule has 0 aliphatic rings. The van der Waals surface area contributed by atoms with Crippen LogP contribution in [0.2, 0.25) is 0 Å². The van der Waals surface area contributed by atoms with Crippen molar-refractivity contribution in [3.05, 3.63) is 24.0 Å². The lowest BCUT2D eigenvalue weighted by molar-refractivity contribution is 0.555. The highest BCUT2D eigenvalue weighted by molar-refractivity contribution is 7.89. The van der Waals surface area contributed by atoms with Crippen molar-refractivity contribution in [2.75, 3.05) is 12.3 Å². The Hall–Kier alpha value is -1.14. The van der Waals surface area contributed by atoms with Crippen LogP contribution in [-0.4, -0.2) is 15.0 Å². The van der Waals surface area contributed by atoms with E-state index >= 15 is 0 Å². The molecule has 0 amide bonds. The van der Waals surface area contributed by atoms with E-state index in [1.807, 2.05) is 6.92 Å². The Morgan fingerprint density at radius 3 is 2.69 bits per heavy atom. The molecule has 0 unspecified atom stereocenters. The van der Waals surface area contributed by atoms with Crippen molar-refractivity contribution in [3.8, 4) is 0 Å². The summed E-state index contributed by atoms with van der Waals surface area (Å²) in [6.45, 7) is 2.25. The van der Waals surface area contributed by atoms with Gasteiger partial charge < -0.3 is 5.73 Å². The number of hydrogen-bond acceptors (Lipinski definition) is 3. The van der Waals surface area contributed by atoms with Gasteiger partial charge in [0.05, 0.1) is 0 Å². The quantitative estimate of drug-likeness (QED) is 0.610. The fourth-order valence-corrected chi connectivity index (χ4v) is 2.33. The summed E-state index contributed by atoms with van der Waals surface area (Å²) in [5.74, 6) is -0.830. The minimum Gasteiger partial charge on any atom is -0.399 e. The SMILES string of the molecule is CCCCNS(=O)(=O)c1ccc(N)cc1F. The molecule has 0 heterocycles. The van der Waals surface area contributed by atoms with Gasteiger partial charge in [-0.2, -0.15) is 0 Å². The van der Waals surface area contributed by atoms with E-state index in [9.17, 15) is 12.8 Å². The highest BCUT2D eigenvalue weighted by Crippen LogP contribution is 2.16. The predicted octanol–water partition coefficient (Wildman–Crippen LogP) is 1.49. The number of nitrogens with two attached hydrogens (primary N) is 1. The maximum atomic E-state index is 13.4. The lowest BCUT2D eigenvalue weighted by atomic mass is 10.3. The average Bonchev–Trinajstić information content (AvgIpc) is 2.17. The van der Waals surface area contributed by atoms with Gasteiger partial charge in [-0.05, 0) is 24.6 Å². The molecule has 1 aromatic rings. The number of anilines is 1. The van der Waals surface area contributed by atoms with Gasteiger partial charge in [-0.15, -0.1) is 0 Å². The molecule has 1 rings (SSSR count). The minimum absolute atomic E-state index is 0.199. The van der Waals surface area contributed by atoms with E-state index in [4.69, 9.17) is 5.73 Å². The van der Waals surface area contributed by atoms with E-state index in [1.54, 1.807) is 0 Å². The Balaban J connectivity index is 2.90. The van der Waals surface area contributed by atoms with E-state index in [0.717, 1.165) is 18.9 Å². The predicted molar refractivity (Wildman–Crippen MR) is 60.9 cm³/mol. The zero-order valence-electron chi connectivity index (χ0n) is 9.03. The number of unbranched alkanes of at least 4 members (excludes halogenated alkanes) is 1. The Bertz CT molecular complexity index is 460. The Morgan fingerprint density at radius 1 is 1.44 bits per heavy atom. The van der Waals surface area contributed by atoms with Crippen molar-refractivity contribution < 1.29 is 12.8 Å². The molecule has 0 radical (unpaired) electrons. The second-order valence-electron chi connectivity index (χ2n) is 3.44. The standard InChI is InChI=1S/C10H15FN2O2S/c1-2-3-6-13-16(14,15)10-5-4-8(12)7-9(10)11/h4-5,7,13H,2-3,6,12H2,1H3. The van der Waals surface area contributed by atoms with Crippen molar-refractivity contribution in [1.29, 1.82) is 0 Å². The molecule has 0 spiro atoms. The summed E-state index contributed by atoms with van der Waals surface area (Å²) in [5, 5.41) is 0. The summed E-state index contributed by atoms with van der Waals surface area (Å²) >= 11 is 0. The third kappa shape index (κ3) is 3.18. The van der Waals surface area contributed by atoms with Crippen LogP contribution in [-0.2, 0) is 10.0 Å². The molecule has 0 bridgehead atoms. The number of benzene rings is 1. The highest BCUT2D eigenvalue weighted by atomic mass is 32.2. The number of rotatable bonds is 5. The van der Waals surface area contributed by atoms with Crippen molar-refractivity contribution in [2.45, 2.75) is 24.7 Å². The van der Waals surface area contributed by atoms with E-state index in [-0.39, 0.29) is 10.6 Å². The van der Waals surface area contributed by atoms with E-state index in [0.29, 0.717) is 6.54 Å². The van der Waals surface area contributed by atoms with Crippen LogP contribution in [0.25, 0.3) is 0 Å². The molecule has 0 aromatic heterocycles. The Kier molecular flexibility index (Phi) is 4.26. The lowest BCUT2D eigenvalue weighted by Crippen LogP contribution is -2.25. The van der Waals surface area contributed by atoms with E-state index in [1.165, 1.54) is 12.1 Å². The first kappa shape index (κ1) is 12.9. The molecule has 0 aliphatic heterocycles. The molecule has 0 saturated carbocycles. The molecular formula is C10H15FN2O2S. The first-order valence-corrected chi connectivity index (χ1v) is 6.50. The van der Waals surface area contributed by atoms with Gasteiger partial charge in [-0.1, -0.05) is 13.3 Å². The van der Waals surface area contributed by atoms with Gasteiger partial charge in [-0.25, -0.2) is 17.5 Å². The second-order valence-corrected chi connectivity index (χ2v) is 5.18. The molecule has 3 N–H and O–H groups in total. The maximum absolute atomic E-state index is 13.4. The molecule has 4 nitrogen and oxygen atoms in total. The molecule has 90 valence electrons. The third-order valence-corrected chi connectivity index (χ3v) is 3.56. The van der Waals surface area contributed by atoms with Crippen molar-refractivity contribution in [1.82, 2.24) is 4.72 Å². The number of sulfonamides is 1. The fourth-order valence-electron chi connectivity index (χ4n) is 1.20. The minimum atomic E-state index is -3.76. The molecule has 0 fully saturated rings. The van der Waals surface area contributed by atoms with E-state index in [2.05, 4.69) is 4.72 Å². The summed E-state index contributed by atoms with van der Waals surface area (Å²) < 4.78 is 39.0. The zero-order valence-corrected chi connectivity index (χ0v) is 9.85. The van der Waals surface area contributed by atoms with Gasteiger partial charge in [0.15, 0.2) is 0 Å². The van der Waals surface area contributed by atoms with E-state index < -0.39 is 15.8 Å². The molecule has 16 heavy (non-hydrogen) atoms. The zero-order chi connectivity index (χ0) is 12.2. The van der Waals surface area contributed by atoms with Crippen molar-refractivity contribution in [2.24, 2.45) is 0 Å². The van der Waals surface area contributed by atoms with Crippen LogP contribution in [0.5, 0.6) is 0 Å². The van der Waals surface area contributed by atoms with Crippen molar-refractivity contribution in [3.63, 3.8) is 0 Å². The first-order valence-electron chi connectivity index (χ1n) is 5.02. The monoisotopic (exact) mass is 246 g/mol. The molecule has 0 saturated heterocycles. The topological polar surface area (TPSA) is 72.2 Å². The van der Waals surface area contributed by atoms with Crippen LogP contribution in [0, 0.1) is 5.82 Å². The van der Waals surface area contributed by atoms with Crippen molar-refractivity contribution >= 4 is 15.7 Å². The summed E-state index contributed by atoms with van der Waals surface area (Å²) in [5.41, 5.74) is 5.54. The van der Waals surface area contributed by atoms with Crippen LogP contribution in [0.4, 0.5) is 10.1 Å². The highest BCUT2D eigenvalue weighted by Gasteiger charge is 2.18. The van der Waals surface area contributed by atoms with Gasteiger partial charge in [0.2, 0.25) is 10.0 Å². The Labute approximate surface area is 94.7 Å². The van der Waals surface area contributed by atoms with Crippen LogP contribution >= 0.6 is 0 Å². The molecule has 0 atom stereocenters. The van der Waals surface area contributed by atoms with Crippen LogP contribution in [0.15, 0.2) is 23.1 Å². The second kappa shape index (κ2) is 5.27. The number of hydrogen-bond donors (Lipinski definition) is 2. The van der Waals surface area contributed by atoms with Crippen LogP contribution in [0.1, 0.15) is 19.8 Å². The average molecular weight is 246 g/mol. The number of nitrogen functional groups attached to an aromatic ring is 1. The lowest BCUT2D eigenvalue weighted by Gasteiger charge is -2.07. The summed E-state index contributed by atoms with van der Waals surface area (Å²) in [6, 6.07) is 3.52. The number of nitrogens with one attached hydrogen (secondary N) is 1.